The molecule has 2 heterocycles. The predicted molar refractivity (Wildman–Crippen MR) is 124 cm³/mol. The molecule has 1 fully saturated rings. The van der Waals surface area contributed by atoms with E-state index >= 15 is 0 Å². The van der Waals surface area contributed by atoms with Crippen LogP contribution < -0.4 is 4.74 Å². The summed E-state index contributed by atoms with van der Waals surface area (Å²) in [6, 6.07) is 11.8. The molecule has 3 aromatic rings. The van der Waals surface area contributed by atoms with E-state index in [-0.39, 0.29) is 35.4 Å². The second-order valence-corrected chi connectivity index (χ2v) is 9.99. The van der Waals surface area contributed by atoms with Crippen LogP contribution in [0.2, 0.25) is 0 Å². The van der Waals surface area contributed by atoms with Gasteiger partial charge in [0, 0.05) is 24.0 Å². The standard InChI is InChI=1S/C24H25N3O5S/c1-4-17-12-18(32-5-2)10-11-23(17)33(30,31)26-14-16(3)22(15-26)27-21-9-7-6-8-19(21)20(25-27)13-24(28)29/h1,6-12,16,22H,5,13-15H2,2-3H3,(H,28,29)/t16-,22+/m1/s1. The van der Waals surface area contributed by atoms with Gasteiger partial charge in [0.05, 0.1) is 35.2 Å². The van der Waals surface area contributed by atoms with Crippen molar-refractivity contribution in [1.29, 1.82) is 0 Å². The van der Waals surface area contributed by atoms with Crippen LogP contribution in [0.3, 0.4) is 0 Å². The number of aromatic nitrogens is 2. The van der Waals surface area contributed by atoms with Crippen LogP contribution in [0.15, 0.2) is 47.4 Å². The van der Waals surface area contributed by atoms with Gasteiger partial charge in [0.1, 0.15) is 5.75 Å². The number of fused-ring (bicyclic) bond motifs is 1. The fourth-order valence-corrected chi connectivity index (χ4v) is 6.04. The van der Waals surface area contributed by atoms with Crippen molar-refractivity contribution in [2.24, 2.45) is 5.92 Å². The lowest BCUT2D eigenvalue weighted by Crippen LogP contribution is -2.30. The molecule has 172 valence electrons. The maximum Gasteiger partial charge on any atom is 0.309 e. The average Bonchev–Trinajstić information content (AvgIpc) is 3.34. The summed E-state index contributed by atoms with van der Waals surface area (Å²) in [5.74, 6) is 1.97. The first-order valence-corrected chi connectivity index (χ1v) is 12.1. The van der Waals surface area contributed by atoms with Crippen molar-refractivity contribution in [2.75, 3.05) is 19.7 Å². The molecule has 1 aliphatic rings. The van der Waals surface area contributed by atoms with E-state index in [1.54, 1.807) is 16.8 Å². The minimum atomic E-state index is -3.85. The highest BCUT2D eigenvalue weighted by atomic mass is 32.2. The molecule has 2 atom stereocenters. The largest absolute Gasteiger partial charge is 0.494 e. The Balaban J connectivity index is 1.69. The summed E-state index contributed by atoms with van der Waals surface area (Å²) in [5.41, 5.74) is 1.51. The minimum absolute atomic E-state index is 0.0438. The van der Waals surface area contributed by atoms with Crippen molar-refractivity contribution >= 4 is 26.9 Å². The van der Waals surface area contributed by atoms with Crippen LogP contribution in [0.1, 0.15) is 31.1 Å². The average molecular weight is 468 g/mol. The van der Waals surface area contributed by atoms with Crippen molar-refractivity contribution in [3.63, 3.8) is 0 Å². The molecule has 8 nitrogen and oxygen atoms in total. The molecule has 1 N–H and O–H groups in total. The van der Waals surface area contributed by atoms with Crippen LogP contribution in [-0.4, -0.2) is 53.3 Å². The van der Waals surface area contributed by atoms with Crippen LogP contribution in [0.5, 0.6) is 5.75 Å². The second kappa shape index (κ2) is 8.89. The van der Waals surface area contributed by atoms with E-state index in [1.807, 2.05) is 38.1 Å². The number of nitrogens with zero attached hydrogens (tertiary/aromatic N) is 3. The van der Waals surface area contributed by atoms with Gasteiger partial charge in [-0.25, -0.2) is 8.42 Å². The van der Waals surface area contributed by atoms with E-state index in [0.717, 1.165) is 10.9 Å². The molecule has 2 aromatic carbocycles. The van der Waals surface area contributed by atoms with Gasteiger partial charge in [-0.2, -0.15) is 9.40 Å². The van der Waals surface area contributed by atoms with Crippen LogP contribution in [0.4, 0.5) is 0 Å². The van der Waals surface area contributed by atoms with Gasteiger partial charge in [0.2, 0.25) is 10.0 Å². The lowest BCUT2D eigenvalue weighted by molar-refractivity contribution is -0.136. The molecule has 0 aliphatic carbocycles. The SMILES string of the molecule is C#Cc1cc(OCC)ccc1S(=O)(=O)N1C[C@@H](C)[C@@H](n2nc(CC(=O)O)c3ccccc32)C1. The van der Waals surface area contributed by atoms with E-state index in [4.69, 9.17) is 11.2 Å². The quantitative estimate of drug-likeness (QED) is 0.536. The van der Waals surface area contributed by atoms with E-state index in [2.05, 4.69) is 11.0 Å². The van der Waals surface area contributed by atoms with E-state index in [0.29, 0.717) is 24.6 Å². The Bertz CT molecular complexity index is 1360. The molecular weight excluding hydrogens is 442 g/mol. The molecule has 1 saturated heterocycles. The Morgan fingerprint density at radius 1 is 1.27 bits per heavy atom. The highest BCUT2D eigenvalue weighted by Crippen LogP contribution is 2.35. The lowest BCUT2D eigenvalue weighted by atomic mass is 10.1. The molecule has 0 saturated carbocycles. The molecule has 0 unspecified atom stereocenters. The first-order chi connectivity index (χ1) is 15.8. The van der Waals surface area contributed by atoms with Gasteiger partial charge in [0.25, 0.3) is 0 Å². The van der Waals surface area contributed by atoms with E-state index in [1.165, 1.54) is 10.4 Å². The van der Waals surface area contributed by atoms with E-state index in [9.17, 15) is 18.3 Å². The molecule has 0 amide bonds. The van der Waals surface area contributed by atoms with Gasteiger partial charge in [-0.3, -0.25) is 9.48 Å². The van der Waals surface area contributed by atoms with Crippen molar-refractivity contribution in [1.82, 2.24) is 14.1 Å². The topological polar surface area (TPSA) is 102 Å². The number of aliphatic carboxylic acids is 1. The first kappa shape index (κ1) is 22.8. The summed E-state index contributed by atoms with van der Waals surface area (Å²) in [7, 11) is -3.85. The molecule has 33 heavy (non-hydrogen) atoms. The fraction of sp³-hybridized carbons (Fsp3) is 0.333. The monoisotopic (exact) mass is 467 g/mol. The van der Waals surface area contributed by atoms with Crippen LogP contribution in [-0.2, 0) is 21.2 Å². The third-order valence-electron chi connectivity index (χ3n) is 5.90. The number of carboxylic acids is 1. The molecule has 1 aromatic heterocycles. The molecule has 9 heteroatoms. The molecule has 0 bridgehead atoms. The normalized spacial score (nSPS) is 18.9. The van der Waals surface area contributed by atoms with Crippen molar-refractivity contribution in [2.45, 2.75) is 31.2 Å². The Hall–Kier alpha value is -3.35. The first-order valence-electron chi connectivity index (χ1n) is 10.7. The van der Waals surface area contributed by atoms with Crippen molar-refractivity contribution in [3.8, 4) is 18.1 Å². The van der Waals surface area contributed by atoms with Crippen LogP contribution in [0, 0.1) is 18.3 Å². The van der Waals surface area contributed by atoms with Crippen LogP contribution in [0.25, 0.3) is 10.9 Å². The summed E-state index contributed by atoms with van der Waals surface area (Å²) in [6.45, 7) is 4.76. The maximum atomic E-state index is 13.5. The van der Waals surface area contributed by atoms with Gasteiger partial charge in [0.15, 0.2) is 0 Å². The molecule has 0 radical (unpaired) electrons. The van der Waals surface area contributed by atoms with Gasteiger partial charge < -0.3 is 9.84 Å². The number of benzene rings is 2. The molecule has 4 rings (SSSR count). The van der Waals surface area contributed by atoms with Crippen LogP contribution >= 0.6 is 0 Å². The summed E-state index contributed by atoms with van der Waals surface area (Å²) in [4.78, 5) is 11.4. The minimum Gasteiger partial charge on any atom is -0.494 e. The summed E-state index contributed by atoms with van der Waals surface area (Å²) in [6.07, 6.45) is 5.41. The summed E-state index contributed by atoms with van der Waals surface area (Å²) >= 11 is 0. The van der Waals surface area contributed by atoms with Gasteiger partial charge in [-0.15, -0.1) is 6.42 Å². The number of carboxylic acid groups (broad SMARTS) is 1. The summed E-state index contributed by atoms with van der Waals surface area (Å²) < 4.78 is 35.6. The second-order valence-electron chi connectivity index (χ2n) is 8.08. The third kappa shape index (κ3) is 4.19. The fourth-order valence-electron chi connectivity index (χ4n) is 4.34. The van der Waals surface area contributed by atoms with Gasteiger partial charge in [-0.05, 0) is 37.1 Å². The Kier molecular flexibility index (Phi) is 6.15. The molecule has 1 aliphatic heterocycles. The number of hydrogen-bond acceptors (Lipinski definition) is 5. The Morgan fingerprint density at radius 2 is 2.03 bits per heavy atom. The van der Waals surface area contributed by atoms with Gasteiger partial charge in [-0.1, -0.05) is 31.0 Å². The van der Waals surface area contributed by atoms with E-state index < -0.39 is 16.0 Å². The Morgan fingerprint density at radius 3 is 2.73 bits per heavy atom. The highest BCUT2D eigenvalue weighted by Gasteiger charge is 2.40. The predicted octanol–water partition coefficient (Wildman–Crippen LogP) is 2.93. The number of para-hydroxylation sites is 1. The number of carbonyl (C=O) groups is 1. The number of rotatable bonds is 7. The number of ether oxygens (including phenoxy) is 1. The lowest BCUT2D eigenvalue weighted by Gasteiger charge is -2.18. The third-order valence-corrected chi connectivity index (χ3v) is 7.79. The number of terminal acetylenes is 1. The number of sulfonamides is 1. The van der Waals surface area contributed by atoms with Crippen molar-refractivity contribution < 1.29 is 23.1 Å². The maximum absolute atomic E-state index is 13.5. The van der Waals surface area contributed by atoms with Crippen molar-refractivity contribution in [3.05, 3.63) is 53.7 Å². The zero-order valence-corrected chi connectivity index (χ0v) is 19.2. The Labute approximate surface area is 192 Å². The molecule has 0 spiro atoms. The van der Waals surface area contributed by atoms with Gasteiger partial charge >= 0.3 is 5.97 Å². The smallest absolute Gasteiger partial charge is 0.309 e. The zero-order valence-electron chi connectivity index (χ0n) is 18.4. The zero-order chi connectivity index (χ0) is 23.8. The molecular formula is C24H25N3O5S. The highest BCUT2D eigenvalue weighted by molar-refractivity contribution is 7.89. The number of hydrogen-bond donors (Lipinski definition) is 1. The summed E-state index contributed by atoms with van der Waals surface area (Å²) in [5, 5.41) is 14.6.